The first-order chi connectivity index (χ1) is 13.3. The molecule has 3 rings (SSSR count). The molecule has 0 atom stereocenters. The molecule has 1 amide bonds. The summed E-state index contributed by atoms with van der Waals surface area (Å²) in [6.07, 6.45) is 0. The number of carbonyl (C=O) groups excluding carboxylic acids is 1. The topological polar surface area (TPSA) is 75.3 Å². The van der Waals surface area contributed by atoms with Gasteiger partial charge in [-0.15, -0.1) is 0 Å². The van der Waals surface area contributed by atoms with Gasteiger partial charge in [0.25, 0.3) is 15.9 Å². The zero-order valence-electron chi connectivity index (χ0n) is 14.5. The first kappa shape index (κ1) is 19.9. The quantitative estimate of drug-likeness (QED) is 0.629. The molecule has 0 saturated carbocycles. The average molecular weight is 419 g/mol. The van der Waals surface area contributed by atoms with Gasteiger partial charge in [0.05, 0.1) is 21.2 Å². The number of nitrogens with one attached hydrogen (secondary N) is 2. The molecule has 0 heterocycles. The summed E-state index contributed by atoms with van der Waals surface area (Å²) in [5, 5.41) is 2.74. The zero-order valence-corrected chi connectivity index (χ0v) is 16.1. The Morgan fingerprint density at radius 3 is 2.39 bits per heavy atom. The monoisotopic (exact) mass is 418 g/mol. The van der Waals surface area contributed by atoms with Crippen LogP contribution in [0.4, 0.5) is 10.1 Å². The summed E-state index contributed by atoms with van der Waals surface area (Å²) >= 11 is 6.15. The van der Waals surface area contributed by atoms with Crippen molar-refractivity contribution >= 4 is 33.2 Å². The number of rotatable bonds is 6. The zero-order chi connectivity index (χ0) is 20.1. The molecule has 0 unspecified atom stereocenters. The molecule has 0 radical (unpaired) electrons. The van der Waals surface area contributed by atoms with Gasteiger partial charge in [0.15, 0.2) is 0 Å². The lowest BCUT2D eigenvalue weighted by atomic mass is 10.1. The van der Waals surface area contributed by atoms with E-state index in [0.29, 0.717) is 5.56 Å². The van der Waals surface area contributed by atoms with E-state index in [1.165, 1.54) is 42.5 Å². The summed E-state index contributed by atoms with van der Waals surface area (Å²) in [5.41, 5.74) is 1.02. The molecule has 144 valence electrons. The lowest BCUT2D eigenvalue weighted by molar-refractivity contribution is 0.0951. The van der Waals surface area contributed by atoms with Gasteiger partial charge in [-0.1, -0.05) is 41.9 Å². The van der Waals surface area contributed by atoms with E-state index in [1.807, 2.05) is 0 Å². The number of sulfonamides is 1. The van der Waals surface area contributed by atoms with Crippen molar-refractivity contribution in [1.29, 1.82) is 0 Å². The Balaban J connectivity index is 1.70. The highest BCUT2D eigenvalue weighted by Gasteiger charge is 2.16. The normalized spacial score (nSPS) is 11.1. The fourth-order valence-electron chi connectivity index (χ4n) is 2.50. The van der Waals surface area contributed by atoms with Crippen molar-refractivity contribution in [2.45, 2.75) is 11.4 Å². The summed E-state index contributed by atoms with van der Waals surface area (Å²) in [7, 11) is -3.76. The second kappa shape index (κ2) is 8.41. The van der Waals surface area contributed by atoms with Crippen LogP contribution in [0, 0.1) is 5.82 Å². The predicted molar refractivity (Wildman–Crippen MR) is 106 cm³/mol. The number of anilines is 1. The van der Waals surface area contributed by atoms with Crippen LogP contribution in [0.25, 0.3) is 0 Å². The van der Waals surface area contributed by atoms with E-state index in [4.69, 9.17) is 11.6 Å². The van der Waals surface area contributed by atoms with Crippen LogP contribution in [-0.4, -0.2) is 14.3 Å². The maximum absolute atomic E-state index is 13.2. The van der Waals surface area contributed by atoms with Gasteiger partial charge in [0.2, 0.25) is 0 Å². The third kappa shape index (κ3) is 4.88. The van der Waals surface area contributed by atoms with Gasteiger partial charge in [-0.25, -0.2) is 12.8 Å². The van der Waals surface area contributed by atoms with Crippen molar-refractivity contribution in [3.63, 3.8) is 0 Å². The first-order valence-electron chi connectivity index (χ1n) is 8.25. The van der Waals surface area contributed by atoms with Crippen LogP contribution in [0.5, 0.6) is 0 Å². The third-order valence-corrected chi connectivity index (χ3v) is 5.57. The van der Waals surface area contributed by atoms with Gasteiger partial charge < -0.3 is 5.32 Å². The smallest absolute Gasteiger partial charge is 0.261 e. The first-order valence-corrected chi connectivity index (χ1v) is 10.1. The number of carbonyl (C=O) groups is 1. The van der Waals surface area contributed by atoms with E-state index in [-0.39, 0.29) is 33.5 Å². The number of benzene rings is 3. The second-order valence-corrected chi connectivity index (χ2v) is 8.02. The molecule has 0 aliphatic heterocycles. The molecule has 2 N–H and O–H groups in total. The van der Waals surface area contributed by atoms with Crippen molar-refractivity contribution in [2.75, 3.05) is 4.72 Å². The average Bonchev–Trinajstić information content (AvgIpc) is 2.67. The molecule has 5 nitrogen and oxygen atoms in total. The number of hydrogen-bond acceptors (Lipinski definition) is 3. The van der Waals surface area contributed by atoms with Gasteiger partial charge in [-0.3, -0.25) is 9.52 Å². The Hall–Kier alpha value is -2.90. The second-order valence-electron chi connectivity index (χ2n) is 5.93. The fourth-order valence-corrected chi connectivity index (χ4v) is 3.84. The number of amides is 1. The van der Waals surface area contributed by atoms with E-state index >= 15 is 0 Å². The highest BCUT2D eigenvalue weighted by Crippen LogP contribution is 2.23. The maximum atomic E-state index is 13.2. The summed E-state index contributed by atoms with van der Waals surface area (Å²) in [4.78, 5) is 12.4. The minimum Gasteiger partial charge on any atom is -0.348 e. The largest absolute Gasteiger partial charge is 0.348 e. The number of hydrogen-bond donors (Lipinski definition) is 2. The van der Waals surface area contributed by atoms with Crippen molar-refractivity contribution in [2.24, 2.45) is 0 Å². The third-order valence-electron chi connectivity index (χ3n) is 3.86. The lowest BCUT2D eigenvalue weighted by Gasteiger charge is -2.11. The summed E-state index contributed by atoms with van der Waals surface area (Å²) in [6.45, 7) is 0.134. The van der Waals surface area contributed by atoms with E-state index in [0.717, 1.165) is 0 Å². The Labute approximate surface area is 167 Å². The van der Waals surface area contributed by atoms with Crippen LogP contribution in [0.2, 0.25) is 5.02 Å². The van der Waals surface area contributed by atoms with Crippen molar-refractivity contribution in [3.05, 3.63) is 94.8 Å². The van der Waals surface area contributed by atoms with Crippen LogP contribution in [0.1, 0.15) is 15.9 Å². The minimum atomic E-state index is -3.76. The lowest BCUT2D eigenvalue weighted by Crippen LogP contribution is -2.23. The van der Waals surface area contributed by atoms with Gasteiger partial charge in [-0.2, -0.15) is 0 Å². The molecule has 3 aromatic carbocycles. The van der Waals surface area contributed by atoms with Gasteiger partial charge in [-0.05, 0) is 48.0 Å². The van der Waals surface area contributed by atoms with E-state index in [9.17, 15) is 17.6 Å². The molecule has 8 heteroatoms. The molecule has 0 fully saturated rings. The van der Waals surface area contributed by atoms with Gasteiger partial charge in [0.1, 0.15) is 5.82 Å². The van der Waals surface area contributed by atoms with Crippen LogP contribution in [-0.2, 0) is 16.6 Å². The van der Waals surface area contributed by atoms with Gasteiger partial charge in [0, 0.05) is 6.54 Å². The molecule has 3 aromatic rings. The molecule has 0 spiro atoms. The molecule has 0 aromatic heterocycles. The Morgan fingerprint density at radius 1 is 0.964 bits per heavy atom. The molecule has 28 heavy (non-hydrogen) atoms. The van der Waals surface area contributed by atoms with E-state index < -0.39 is 15.9 Å². The molecule has 0 aliphatic rings. The van der Waals surface area contributed by atoms with Crippen LogP contribution < -0.4 is 10.0 Å². The molecule has 0 aliphatic carbocycles. The van der Waals surface area contributed by atoms with Crippen molar-refractivity contribution < 1.29 is 17.6 Å². The van der Waals surface area contributed by atoms with Crippen LogP contribution in [0.3, 0.4) is 0 Å². The molecule has 0 bridgehead atoms. The van der Waals surface area contributed by atoms with E-state index in [2.05, 4.69) is 10.0 Å². The number of halogens is 2. The summed E-state index contributed by atoms with van der Waals surface area (Å²) in [5.74, 6) is -0.841. The SMILES string of the molecule is O=C(NCc1cccc(F)c1)c1ccc(NS(=O)(=O)c2ccccc2)cc1Cl. The van der Waals surface area contributed by atoms with Crippen LogP contribution in [0.15, 0.2) is 77.7 Å². The Bertz CT molecular complexity index is 1110. The Kier molecular flexibility index (Phi) is 5.96. The summed E-state index contributed by atoms with van der Waals surface area (Å²) < 4.78 is 40.3. The highest BCUT2D eigenvalue weighted by atomic mass is 35.5. The Morgan fingerprint density at radius 2 is 1.71 bits per heavy atom. The predicted octanol–water partition coefficient (Wildman–Crippen LogP) is 4.21. The van der Waals surface area contributed by atoms with Crippen molar-refractivity contribution in [1.82, 2.24) is 5.32 Å². The van der Waals surface area contributed by atoms with Crippen molar-refractivity contribution in [3.8, 4) is 0 Å². The molecule has 0 saturated heterocycles. The highest BCUT2D eigenvalue weighted by molar-refractivity contribution is 7.92. The summed E-state index contributed by atoms with van der Waals surface area (Å²) in [6, 6.07) is 18.0. The standard InChI is InChI=1S/C20H16ClFN2O3S/c21-19-12-16(24-28(26,27)17-7-2-1-3-8-17)9-10-18(19)20(25)23-13-14-5-4-6-15(22)11-14/h1-12,24H,13H2,(H,23,25). The molecular weight excluding hydrogens is 403 g/mol. The molecular formula is C20H16ClFN2O3S. The van der Waals surface area contributed by atoms with Crippen LogP contribution >= 0.6 is 11.6 Å². The fraction of sp³-hybridized carbons (Fsp3) is 0.0500. The maximum Gasteiger partial charge on any atom is 0.261 e. The van der Waals surface area contributed by atoms with Gasteiger partial charge >= 0.3 is 0 Å². The minimum absolute atomic E-state index is 0.0880. The van der Waals surface area contributed by atoms with E-state index in [1.54, 1.807) is 30.3 Å².